The number of amides is 1. The number of aromatic nitrogens is 1. The van der Waals surface area contributed by atoms with Crippen LogP contribution in [0.15, 0.2) is 70.5 Å². The van der Waals surface area contributed by atoms with Crippen molar-refractivity contribution < 1.29 is 30.6 Å². The zero-order valence-electron chi connectivity index (χ0n) is 20.9. The van der Waals surface area contributed by atoms with Gasteiger partial charge in [0.05, 0.1) is 10.6 Å². The number of aryl methyl sites for hydroxylation is 2. The van der Waals surface area contributed by atoms with Gasteiger partial charge in [-0.05, 0) is 73.9 Å². The largest absolute Gasteiger partial charge is 0.360 e. The van der Waals surface area contributed by atoms with Gasteiger partial charge in [-0.1, -0.05) is 29.8 Å². The van der Waals surface area contributed by atoms with Crippen molar-refractivity contribution in [3.63, 3.8) is 0 Å². The van der Waals surface area contributed by atoms with E-state index < -0.39 is 31.9 Å². The van der Waals surface area contributed by atoms with Gasteiger partial charge in [-0.3, -0.25) is 9.35 Å². The van der Waals surface area contributed by atoms with Crippen LogP contribution in [-0.2, 0) is 20.1 Å². The van der Waals surface area contributed by atoms with Gasteiger partial charge < -0.3 is 10.3 Å². The molecule has 0 radical (unpaired) electrons. The van der Waals surface area contributed by atoms with Crippen molar-refractivity contribution in [2.75, 3.05) is 17.4 Å². The molecule has 1 aromatic heterocycles. The number of nitrogens with one attached hydrogen (secondary N) is 2. The van der Waals surface area contributed by atoms with Gasteiger partial charge in [0.25, 0.3) is 5.91 Å². The number of anilines is 1. The van der Waals surface area contributed by atoms with Gasteiger partial charge in [0, 0.05) is 29.0 Å². The molecule has 3 N–H and O–H groups in total. The fourth-order valence-corrected chi connectivity index (χ4v) is 7.03. The Balaban J connectivity index is 1.62. The third-order valence-corrected chi connectivity index (χ3v) is 8.93. The number of rotatable bonds is 9. The second-order valence-corrected chi connectivity index (χ2v) is 12.6. The summed E-state index contributed by atoms with van der Waals surface area (Å²) in [7, 11) is -8.97. The Kier molecular flexibility index (Phi) is 8.03. The summed E-state index contributed by atoms with van der Waals surface area (Å²) in [6.07, 6.45) is -0.0227. The number of H-pyrrole nitrogens is 1. The van der Waals surface area contributed by atoms with Crippen LogP contribution in [0, 0.1) is 19.7 Å². The third kappa shape index (κ3) is 6.09. The molecule has 0 saturated carbocycles. The third-order valence-electron chi connectivity index (χ3n) is 5.94. The van der Waals surface area contributed by atoms with E-state index in [2.05, 4.69) is 10.3 Å². The van der Waals surface area contributed by atoms with Crippen LogP contribution in [0.3, 0.4) is 0 Å². The number of benzene rings is 3. The second kappa shape index (κ2) is 11.0. The molecule has 0 fully saturated rings. The number of fused-ring (bicyclic) bond motifs is 1. The Hall–Kier alpha value is -3.45. The summed E-state index contributed by atoms with van der Waals surface area (Å²) >= 11 is 6.15. The van der Waals surface area contributed by atoms with E-state index in [1.165, 1.54) is 36.4 Å². The van der Waals surface area contributed by atoms with Crippen molar-refractivity contribution in [3.8, 4) is 0 Å². The molecule has 0 unspecified atom stereocenters. The average Bonchev–Trinajstić information content (AvgIpc) is 3.23. The first-order valence-electron chi connectivity index (χ1n) is 11.7. The quantitative estimate of drug-likeness (QED) is 0.188. The summed E-state index contributed by atoms with van der Waals surface area (Å²) in [4.78, 5) is 15.8. The van der Waals surface area contributed by atoms with Crippen LogP contribution in [-0.4, -0.2) is 45.4 Å². The van der Waals surface area contributed by atoms with Crippen LogP contribution in [0.1, 0.15) is 28.0 Å². The van der Waals surface area contributed by atoms with Gasteiger partial charge in [0.2, 0.25) is 9.84 Å². The number of para-hydroxylation sites is 1. The number of hydrogen-bond acceptors (Lipinski definition) is 5. The number of halogens is 2. The Morgan fingerprint density at radius 2 is 1.69 bits per heavy atom. The molecule has 0 aliphatic carbocycles. The first-order valence-corrected chi connectivity index (χ1v) is 15.0. The highest BCUT2D eigenvalue weighted by Crippen LogP contribution is 2.34. The Morgan fingerprint density at radius 3 is 2.33 bits per heavy atom. The predicted octanol–water partition coefficient (Wildman–Crippen LogP) is 4.84. The maximum atomic E-state index is 14.1. The first-order chi connectivity index (χ1) is 18.3. The van der Waals surface area contributed by atoms with Crippen molar-refractivity contribution in [1.29, 1.82) is 0 Å². The molecule has 0 aliphatic rings. The van der Waals surface area contributed by atoms with Gasteiger partial charge in [-0.15, -0.1) is 0 Å². The summed E-state index contributed by atoms with van der Waals surface area (Å²) in [5.74, 6) is -1.60. The monoisotopic (exact) mass is 593 g/mol. The summed E-state index contributed by atoms with van der Waals surface area (Å²) in [6, 6.07) is 14.5. The van der Waals surface area contributed by atoms with Crippen LogP contribution in [0.25, 0.3) is 10.9 Å². The van der Waals surface area contributed by atoms with E-state index in [9.17, 15) is 30.6 Å². The summed E-state index contributed by atoms with van der Waals surface area (Å²) in [5, 5.41) is 3.09. The Morgan fingerprint density at radius 1 is 1.03 bits per heavy atom. The van der Waals surface area contributed by atoms with Crippen LogP contribution < -0.4 is 9.62 Å². The van der Waals surface area contributed by atoms with E-state index in [0.717, 1.165) is 17.2 Å². The van der Waals surface area contributed by atoms with E-state index >= 15 is 0 Å². The van der Waals surface area contributed by atoms with Gasteiger partial charge >= 0.3 is 10.3 Å². The van der Waals surface area contributed by atoms with Crippen LogP contribution in [0.2, 0.25) is 5.02 Å². The van der Waals surface area contributed by atoms with Crippen molar-refractivity contribution in [1.82, 2.24) is 10.3 Å². The summed E-state index contributed by atoms with van der Waals surface area (Å²) < 4.78 is 75.5. The fourth-order valence-electron chi connectivity index (χ4n) is 4.31. The maximum absolute atomic E-state index is 14.1. The lowest BCUT2D eigenvalue weighted by atomic mass is 10.2. The maximum Gasteiger partial charge on any atom is 0.360 e. The van der Waals surface area contributed by atoms with Crippen LogP contribution in [0.5, 0.6) is 0 Å². The lowest BCUT2D eigenvalue weighted by Gasteiger charge is -2.21. The van der Waals surface area contributed by atoms with Gasteiger partial charge in [-0.25, -0.2) is 17.1 Å². The van der Waals surface area contributed by atoms with Crippen molar-refractivity contribution >= 4 is 54.2 Å². The lowest BCUT2D eigenvalue weighted by Crippen LogP contribution is -2.34. The van der Waals surface area contributed by atoms with E-state index in [4.69, 9.17) is 11.6 Å². The number of aromatic amines is 1. The molecule has 4 rings (SSSR count). The molecule has 9 nitrogen and oxygen atoms in total. The highest BCUT2D eigenvalue weighted by molar-refractivity contribution is 7.91. The number of hydrogen-bond donors (Lipinski definition) is 3. The highest BCUT2D eigenvalue weighted by atomic mass is 35.5. The smallest absolute Gasteiger partial charge is 0.351 e. The SMILES string of the molecule is Cc1cc(C)cc(S(=O)(=O)c2c(C(=O)NCCCN(c3ccccc3F)S(=O)(=O)O)[nH]c3ccc(Cl)cc23)c1. The van der Waals surface area contributed by atoms with Crippen LogP contribution in [0.4, 0.5) is 10.1 Å². The molecular formula is C26H25ClFN3O6S2. The molecule has 0 bridgehead atoms. The molecule has 4 aromatic rings. The van der Waals surface area contributed by atoms with Crippen LogP contribution >= 0.6 is 11.6 Å². The van der Waals surface area contributed by atoms with Crippen molar-refractivity contribution in [2.45, 2.75) is 30.1 Å². The molecule has 0 atom stereocenters. The minimum absolute atomic E-state index is 0.0172. The topological polar surface area (TPSA) is 137 Å². The van der Waals surface area contributed by atoms with E-state index in [1.807, 2.05) is 6.07 Å². The summed E-state index contributed by atoms with van der Waals surface area (Å²) in [6.45, 7) is 3.07. The zero-order valence-corrected chi connectivity index (χ0v) is 23.3. The number of nitrogens with zero attached hydrogens (tertiary/aromatic N) is 1. The molecule has 1 amide bonds. The van der Waals surface area contributed by atoms with Gasteiger partial charge in [0.1, 0.15) is 16.4 Å². The zero-order chi connectivity index (χ0) is 28.5. The standard InChI is InChI=1S/C26H25ClFN3O6S2/c1-16-12-17(2)14-19(13-16)38(33,34)25-20-15-18(27)8-9-22(20)30-24(25)26(32)29-10-5-11-31(39(35,36)37)23-7-4-3-6-21(23)28/h3-4,6-9,12-15,30H,5,10-11H2,1-2H3,(H,29,32)(H,35,36,37). The minimum Gasteiger partial charge on any atom is -0.351 e. The number of carbonyl (C=O) groups is 1. The van der Waals surface area contributed by atoms with E-state index in [-0.39, 0.29) is 51.1 Å². The minimum atomic E-state index is -4.80. The number of carbonyl (C=O) groups excluding carboxylic acids is 1. The van der Waals surface area contributed by atoms with Crippen molar-refractivity contribution in [2.24, 2.45) is 0 Å². The summed E-state index contributed by atoms with van der Waals surface area (Å²) in [5.41, 5.74) is 1.28. The Labute approximate surface area is 230 Å². The molecule has 39 heavy (non-hydrogen) atoms. The van der Waals surface area contributed by atoms with Gasteiger partial charge in [0.15, 0.2) is 0 Å². The molecule has 0 saturated heterocycles. The normalized spacial score (nSPS) is 12.0. The first kappa shape index (κ1) is 28.6. The van der Waals surface area contributed by atoms with E-state index in [1.54, 1.807) is 26.0 Å². The molecular weight excluding hydrogens is 569 g/mol. The molecule has 3 aromatic carbocycles. The fraction of sp³-hybridized carbons (Fsp3) is 0.192. The molecule has 0 spiro atoms. The molecule has 1 heterocycles. The van der Waals surface area contributed by atoms with Gasteiger partial charge in [-0.2, -0.15) is 8.42 Å². The predicted molar refractivity (Wildman–Crippen MR) is 147 cm³/mol. The highest BCUT2D eigenvalue weighted by Gasteiger charge is 2.30. The number of sulfone groups is 1. The second-order valence-electron chi connectivity index (χ2n) is 8.96. The molecule has 13 heteroatoms. The molecule has 0 aliphatic heterocycles. The Bertz CT molecular complexity index is 1770. The van der Waals surface area contributed by atoms with E-state index in [0.29, 0.717) is 9.82 Å². The van der Waals surface area contributed by atoms with Crippen molar-refractivity contribution in [3.05, 3.63) is 88.3 Å². The molecule has 206 valence electrons. The average molecular weight is 594 g/mol. The lowest BCUT2D eigenvalue weighted by molar-refractivity contribution is 0.0946.